The highest BCUT2D eigenvalue weighted by Gasteiger charge is 2.30. The van der Waals surface area contributed by atoms with Crippen molar-refractivity contribution in [3.8, 4) is 0 Å². The number of sulfonamides is 1. The van der Waals surface area contributed by atoms with E-state index in [1.54, 1.807) is 6.07 Å². The minimum Gasteiger partial charge on any atom is -0.480 e. The van der Waals surface area contributed by atoms with Crippen LogP contribution in [-0.4, -0.2) is 89.9 Å². The normalized spacial score (nSPS) is 18.5. The second-order valence-corrected chi connectivity index (χ2v) is 8.54. The molecule has 0 radical (unpaired) electrons. The van der Waals surface area contributed by atoms with Crippen molar-refractivity contribution < 1.29 is 27.9 Å². The number of carbonyl (C=O) groups is 2. The van der Waals surface area contributed by atoms with Crippen molar-refractivity contribution in [2.24, 2.45) is 0 Å². The van der Waals surface area contributed by atoms with Crippen LogP contribution in [0.4, 0.5) is 0 Å². The van der Waals surface area contributed by atoms with E-state index >= 15 is 0 Å². The lowest BCUT2D eigenvalue weighted by Gasteiger charge is -2.34. The summed E-state index contributed by atoms with van der Waals surface area (Å²) in [6.45, 7) is 3.94. The van der Waals surface area contributed by atoms with E-state index in [2.05, 4.69) is 10.2 Å². The second kappa shape index (κ2) is 8.14. The van der Waals surface area contributed by atoms with Crippen LogP contribution in [0, 0.1) is 0 Å². The number of nitrogens with zero attached hydrogens (tertiary/aromatic N) is 3. The van der Waals surface area contributed by atoms with E-state index in [0.717, 1.165) is 16.3 Å². The number of hydrogen-bond acceptors (Lipinski definition) is 6. The fraction of sp³-hybridized carbons (Fsp3) is 0.667. The number of H-pyrrole nitrogens is 1. The van der Waals surface area contributed by atoms with Gasteiger partial charge in [-0.15, -0.1) is 0 Å². The van der Waals surface area contributed by atoms with Gasteiger partial charge in [0.25, 0.3) is 5.91 Å². The number of carboxylic acids is 1. The first-order valence-corrected chi connectivity index (χ1v) is 10.1. The molecular formula is C15H24N4O6S. The molecule has 0 bridgehead atoms. The monoisotopic (exact) mass is 388 g/mol. The SMILES string of the molecule is CC(C)c1cc(C(=O)N2CCO[C@@H](CN(CC(=O)O)S(C)(=O)=O)C2)n[nH]1. The summed E-state index contributed by atoms with van der Waals surface area (Å²) in [5.74, 6) is -1.32. The van der Waals surface area contributed by atoms with Crippen molar-refractivity contribution in [2.45, 2.75) is 25.9 Å². The third-order valence-electron chi connectivity index (χ3n) is 4.05. The van der Waals surface area contributed by atoms with Gasteiger partial charge in [-0.2, -0.15) is 9.40 Å². The van der Waals surface area contributed by atoms with Crippen molar-refractivity contribution >= 4 is 21.9 Å². The van der Waals surface area contributed by atoms with Gasteiger partial charge in [-0.3, -0.25) is 14.7 Å². The smallest absolute Gasteiger partial charge is 0.318 e. The number of aromatic nitrogens is 2. The van der Waals surface area contributed by atoms with Crippen LogP contribution in [0.15, 0.2) is 6.07 Å². The average molecular weight is 388 g/mol. The molecule has 1 aliphatic heterocycles. The van der Waals surface area contributed by atoms with Gasteiger partial charge in [0.1, 0.15) is 12.2 Å². The minimum absolute atomic E-state index is 0.132. The molecule has 0 unspecified atom stereocenters. The van der Waals surface area contributed by atoms with E-state index in [0.29, 0.717) is 12.2 Å². The van der Waals surface area contributed by atoms with E-state index in [1.165, 1.54) is 4.90 Å². The van der Waals surface area contributed by atoms with E-state index < -0.39 is 28.6 Å². The van der Waals surface area contributed by atoms with E-state index in [1.807, 2.05) is 13.8 Å². The molecule has 1 fully saturated rings. The number of amides is 1. The number of morpholine rings is 1. The van der Waals surface area contributed by atoms with Gasteiger partial charge in [0, 0.05) is 25.3 Å². The Labute approximate surface area is 152 Å². The molecule has 2 rings (SSSR count). The maximum Gasteiger partial charge on any atom is 0.318 e. The molecule has 1 aromatic rings. The number of hydrogen-bond donors (Lipinski definition) is 2. The Bertz CT molecular complexity index is 760. The number of aromatic amines is 1. The van der Waals surface area contributed by atoms with Crippen molar-refractivity contribution in [3.05, 3.63) is 17.5 Å². The molecule has 10 nitrogen and oxygen atoms in total. The molecule has 146 valence electrons. The molecular weight excluding hydrogens is 364 g/mol. The topological polar surface area (TPSA) is 133 Å². The molecule has 11 heteroatoms. The molecule has 26 heavy (non-hydrogen) atoms. The third-order valence-corrected chi connectivity index (χ3v) is 5.27. The molecule has 0 saturated carbocycles. The molecule has 1 atom stereocenters. The Morgan fingerprint density at radius 3 is 2.73 bits per heavy atom. The highest BCUT2D eigenvalue weighted by atomic mass is 32.2. The zero-order chi connectivity index (χ0) is 19.5. The van der Waals surface area contributed by atoms with Crippen LogP contribution in [0.25, 0.3) is 0 Å². The zero-order valence-corrected chi connectivity index (χ0v) is 15.8. The number of aliphatic carboxylic acids is 1. The van der Waals surface area contributed by atoms with Gasteiger partial charge in [0.15, 0.2) is 0 Å². The maximum absolute atomic E-state index is 12.6. The Balaban J connectivity index is 2.05. The summed E-state index contributed by atoms with van der Waals surface area (Å²) >= 11 is 0. The van der Waals surface area contributed by atoms with Crippen LogP contribution in [0.1, 0.15) is 35.9 Å². The van der Waals surface area contributed by atoms with Crippen LogP contribution < -0.4 is 0 Å². The highest BCUT2D eigenvalue weighted by molar-refractivity contribution is 7.88. The van der Waals surface area contributed by atoms with Crippen LogP contribution in [0.2, 0.25) is 0 Å². The zero-order valence-electron chi connectivity index (χ0n) is 15.0. The maximum atomic E-state index is 12.6. The molecule has 1 aromatic heterocycles. The fourth-order valence-corrected chi connectivity index (χ4v) is 3.40. The lowest BCUT2D eigenvalue weighted by Crippen LogP contribution is -2.51. The van der Waals surface area contributed by atoms with Gasteiger partial charge in [-0.1, -0.05) is 13.8 Å². The fourth-order valence-electron chi connectivity index (χ4n) is 2.61. The summed E-state index contributed by atoms with van der Waals surface area (Å²) in [5.41, 5.74) is 1.14. The molecule has 0 aromatic carbocycles. The van der Waals surface area contributed by atoms with Gasteiger partial charge in [-0.25, -0.2) is 8.42 Å². The van der Waals surface area contributed by atoms with Crippen LogP contribution >= 0.6 is 0 Å². The molecule has 0 aliphatic carbocycles. The summed E-state index contributed by atoms with van der Waals surface area (Å²) in [7, 11) is -3.70. The molecule has 0 spiro atoms. The van der Waals surface area contributed by atoms with Gasteiger partial charge >= 0.3 is 5.97 Å². The quantitative estimate of drug-likeness (QED) is 0.656. The Morgan fingerprint density at radius 2 is 2.19 bits per heavy atom. The molecule has 1 saturated heterocycles. The predicted octanol–water partition coefficient (Wildman–Crippen LogP) is -0.280. The largest absolute Gasteiger partial charge is 0.480 e. The first-order chi connectivity index (χ1) is 12.1. The Kier molecular flexibility index (Phi) is 6.37. The van der Waals surface area contributed by atoms with E-state index in [-0.39, 0.29) is 31.5 Å². The lowest BCUT2D eigenvalue weighted by molar-refractivity contribution is -0.137. The standard InChI is InChI=1S/C15H24N4O6S/c1-10(2)12-6-13(17-16-12)15(22)18-4-5-25-11(7-18)8-19(9-14(20)21)26(3,23)24/h6,10-11H,4-5,7-9H2,1-3H3,(H,16,17)(H,20,21)/t11-/m1/s1. The Morgan fingerprint density at radius 1 is 1.50 bits per heavy atom. The van der Waals surface area contributed by atoms with Crippen LogP contribution in [0.5, 0.6) is 0 Å². The molecule has 2 N–H and O–H groups in total. The highest BCUT2D eigenvalue weighted by Crippen LogP contribution is 2.16. The molecule has 1 amide bonds. The summed E-state index contributed by atoms with van der Waals surface area (Å²) in [6, 6.07) is 1.70. The number of carboxylic acid groups (broad SMARTS) is 1. The van der Waals surface area contributed by atoms with Crippen molar-refractivity contribution in [2.75, 3.05) is 39.0 Å². The van der Waals surface area contributed by atoms with Gasteiger partial charge in [0.2, 0.25) is 10.0 Å². The number of nitrogens with one attached hydrogen (secondary N) is 1. The third kappa shape index (κ3) is 5.26. The number of ether oxygens (including phenoxy) is 1. The van der Waals surface area contributed by atoms with Crippen LogP contribution in [0.3, 0.4) is 0 Å². The van der Waals surface area contributed by atoms with E-state index in [9.17, 15) is 18.0 Å². The second-order valence-electron chi connectivity index (χ2n) is 6.56. The summed E-state index contributed by atoms with van der Waals surface area (Å²) in [4.78, 5) is 25.0. The van der Waals surface area contributed by atoms with Crippen molar-refractivity contribution in [1.29, 1.82) is 0 Å². The number of carbonyl (C=O) groups excluding carboxylic acids is 1. The van der Waals surface area contributed by atoms with Crippen LogP contribution in [-0.2, 0) is 19.6 Å². The minimum atomic E-state index is -3.70. The summed E-state index contributed by atoms with van der Waals surface area (Å²) in [5, 5.41) is 15.8. The Hall–Kier alpha value is -1.98. The van der Waals surface area contributed by atoms with E-state index in [4.69, 9.17) is 9.84 Å². The first-order valence-electron chi connectivity index (χ1n) is 8.21. The number of rotatable bonds is 7. The van der Waals surface area contributed by atoms with Gasteiger partial charge < -0.3 is 14.7 Å². The van der Waals surface area contributed by atoms with Crippen molar-refractivity contribution in [1.82, 2.24) is 19.4 Å². The first kappa shape index (κ1) is 20.3. The van der Waals surface area contributed by atoms with Crippen molar-refractivity contribution in [3.63, 3.8) is 0 Å². The van der Waals surface area contributed by atoms with Gasteiger partial charge in [-0.05, 0) is 12.0 Å². The summed E-state index contributed by atoms with van der Waals surface area (Å²) < 4.78 is 29.9. The molecule has 1 aliphatic rings. The predicted molar refractivity (Wildman–Crippen MR) is 92.4 cm³/mol. The van der Waals surface area contributed by atoms with Gasteiger partial charge in [0.05, 0.1) is 19.0 Å². The molecule has 2 heterocycles. The lowest BCUT2D eigenvalue weighted by atomic mass is 10.1. The average Bonchev–Trinajstić information content (AvgIpc) is 3.03. The summed E-state index contributed by atoms with van der Waals surface area (Å²) in [6.07, 6.45) is 0.337.